The van der Waals surface area contributed by atoms with Crippen molar-refractivity contribution in [3.05, 3.63) is 0 Å². The first-order valence-corrected chi connectivity index (χ1v) is 3.14. The van der Waals surface area contributed by atoms with Gasteiger partial charge in [0.15, 0.2) is 0 Å². The Morgan fingerprint density at radius 2 is 2.17 bits per heavy atom. The van der Waals surface area contributed by atoms with Crippen molar-refractivity contribution in [2.24, 2.45) is 0 Å². The number of hydrogen-bond acceptors (Lipinski definition) is 3. The molecule has 6 heavy (non-hydrogen) atoms. The average molecular weight is 104 g/mol. The van der Waals surface area contributed by atoms with Crippen molar-refractivity contribution < 1.29 is 4.21 Å². The largest absolute Gasteiger partial charge is 0.444 e. The van der Waals surface area contributed by atoms with E-state index in [4.69, 9.17) is 4.78 Å². The topological polar surface area (TPSA) is 40.9 Å². The molecule has 0 spiro atoms. The Bertz CT molecular complexity index is 106. The van der Waals surface area contributed by atoms with Gasteiger partial charge in [0.1, 0.15) is 0 Å². The van der Waals surface area contributed by atoms with Gasteiger partial charge in [-0.15, -0.1) is 0 Å². The van der Waals surface area contributed by atoms with E-state index in [0.717, 1.165) is 12.8 Å². The van der Waals surface area contributed by atoms with E-state index < -0.39 is 10.6 Å². The summed E-state index contributed by atoms with van der Waals surface area (Å²) in [6.07, 6.45) is 2.02. The maximum absolute atomic E-state index is 9.98. The summed E-state index contributed by atoms with van der Waals surface area (Å²) >= 11 is 0. The third-order valence-electron chi connectivity index (χ3n) is 0.827. The van der Waals surface area contributed by atoms with E-state index in [1.807, 2.05) is 0 Å². The zero-order valence-electron chi connectivity index (χ0n) is 3.31. The van der Waals surface area contributed by atoms with Crippen molar-refractivity contribution in [2.45, 2.75) is 18.1 Å². The lowest BCUT2D eigenvalue weighted by molar-refractivity contribution is 0.598. The molecule has 1 N–H and O–H groups in total. The van der Waals surface area contributed by atoms with Gasteiger partial charge in [-0.1, -0.05) is 18.1 Å². The lowest BCUT2D eigenvalue weighted by Crippen LogP contribution is -1.75. The van der Waals surface area contributed by atoms with Crippen molar-refractivity contribution in [3.8, 4) is 0 Å². The second-order valence-corrected chi connectivity index (χ2v) is 2.76. The molecule has 0 aromatic rings. The van der Waals surface area contributed by atoms with Crippen LogP contribution in [0.4, 0.5) is 0 Å². The van der Waals surface area contributed by atoms with Crippen LogP contribution in [0.5, 0.6) is 0 Å². The summed E-state index contributed by atoms with van der Waals surface area (Å²) in [6, 6.07) is 0. The van der Waals surface area contributed by atoms with Gasteiger partial charge in [0.05, 0.1) is 0 Å². The standard InChI is InChI=1S/C3H6NOS/c4-6(5)3-1-2-3/h3-4H,1-2H2/q-1. The van der Waals surface area contributed by atoms with Crippen molar-refractivity contribution >= 4 is 10.6 Å². The van der Waals surface area contributed by atoms with E-state index in [1.165, 1.54) is 0 Å². The first-order valence-electron chi connectivity index (χ1n) is 1.92. The SMILES string of the molecule is N=[S-](=O)C1CC1. The highest BCUT2D eigenvalue weighted by Gasteiger charge is 2.12. The lowest BCUT2D eigenvalue weighted by atomic mass is 11.0. The highest BCUT2D eigenvalue weighted by Crippen LogP contribution is 2.22. The van der Waals surface area contributed by atoms with E-state index in [1.54, 1.807) is 0 Å². The van der Waals surface area contributed by atoms with Gasteiger partial charge in [-0.25, -0.2) is 0 Å². The minimum Gasteiger partial charge on any atom is -0.444 e. The molecule has 0 unspecified atom stereocenters. The van der Waals surface area contributed by atoms with E-state index in [-0.39, 0.29) is 5.25 Å². The maximum atomic E-state index is 9.98. The van der Waals surface area contributed by atoms with E-state index in [0.29, 0.717) is 0 Å². The average Bonchev–Trinajstić information content (AvgIpc) is 2.06. The molecule has 0 heterocycles. The smallest absolute Gasteiger partial charge is 0.0671 e. The van der Waals surface area contributed by atoms with Gasteiger partial charge in [-0.3, -0.25) is 0 Å². The normalized spacial score (nSPS) is 22.2. The van der Waals surface area contributed by atoms with Gasteiger partial charge >= 0.3 is 0 Å². The number of rotatable bonds is 1. The molecule has 3 heteroatoms. The highest BCUT2D eigenvalue weighted by atomic mass is 32.2. The molecule has 0 saturated heterocycles. The second kappa shape index (κ2) is 1.22. The van der Waals surface area contributed by atoms with Crippen LogP contribution in [0.2, 0.25) is 0 Å². The lowest BCUT2D eigenvalue weighted by Gasteiger charge is -1.85. The van der Waals surface area contributed by atoms with Crippen molar-refractivity contribution in [1.29, 1.82) is 4.78 Å². The van der Waals surface area contributed by atoms with Crippen LogP contribution in [0.3, 0.4) is 0 Å². The summed E-state index contributed by atoms with van der Waals surface area (Å²) in [5.74, 6) is 0. The molecule has 36 valence electrons. The zero-order valence-corrected chi connectivity index (χ0v) is 4.12. The van der Waals surface area contributed by atoms with Gasteiger partial charge in [0, 0.05) is 0 Å². The minimum atomic E-state index is -1.26. The molecular weight excluding hydrogens is 98.1 g/mol. The molecular formula is C3H6NOS-. The van der Waals surface area contributed by atoms with Crippen LogP contribution in [0.15, 0.2) is 0 Å². The van der Waals surface area contributed by atoms with Crippen LogP contribution in [-0.2, 0) is 14.8 Å². The van der Waals surface area contributed by atoms with Gasteiger partial charge < -0.3 is 8.99 Å². The second-order valence-electron chi connectivity index (χ2n) is 1.50. The molecule has 0 amide bonds. The van der Waals surface area contributed by atoms with Crippen LogP contribution in [-0.4, -0.2) is 5.25 Å². The van der Waals surface area contributed by atoms with E-state index in [2.05, 4.69) is 0 Å². The van der Waals surface area contributed by atoms with Crippen LogP contribution >= 0.6 is 0 Å². The Hall–Kier alpha value is -0.0500. The molecule has 1 fully saturated rings. The molecule has 2 nitrogen and oxygen atoms in total. The summed E-state index contributed by atoms with van der Waals surface area (Å²) in [7, 11) is -1.26. The molecule has 1 aliphatic carbocycles. The first-order chi connectivity index (χ1) is 2.80. The maximum Gasteiger partial charge on any atom is -0.0671 e. The predicted molar refractivity (Wildman–Crippen MR) is 23.8 cm³/mol. The molecule has 1 rings (SSSR count). The van der Waals surface area contributed by atoms with Crippen molar-refractivity contribution in [1.82, 2.24) is 0 Å². The molecule has 0 radical (unpaired) electrons. The van der Waals surface area contributed by atoms with Gasteiger partial charge in [0.2, 0.25) is 0 Å². The summed E-state index contributed by atoms with van der Waals surface area (Å²) in [5.41, 5.74) is 0. The van der Waals surface area contributed by atoms with Crippen LogP contribution in [0.1, 0.15) is 12.8 Å². The summed E-state index contributed by atoms with van der Waals surface area (Å²) in [5, 5.41) is 0.241. The predicted octanol–water partition coefficient (Wildman–Crippen LogP) is 0.875. The molecule has 0 bridgehead atoms. The summed E-state index contributed by atoms with van der Waals surface area (Å²) < 4.78 is 16.6. The Labute approximate surface area is 38.6 Å². The third kappa shape index (κ3) is 0.712. The van der Waals surface area contributed by atoms with E-state index >= 15 is 0 Å². The monoisotopic (exact) mass is 104 g/mol. The Kier molecular flexibility index (Phi) is 0.839. The first kappa shape index (κ1) is 4.12. The van der Waals surface area contributed by atoms with Gasteiger partial charge in [-0.2, -0.15) is 10.6 Å². The van der Waals surface area contributed by atoms with Gasteiger partial charge in [-0.05, 0) is 0 Å². The highest BCUT2D eigenvalue weighted by molar-refractivity contribution is 7.74. The molecule has 0 atom stereocenters. The van der Waals surface area contributed by atoms with Crippen molar-refractivity contribution in [3.63, 3.8) is 0 Å². The minimum absolute atomic E-state index is 0.241. The third-order valence-corrected chi connectivity index (χ3v) is 1.90. The molecule has 1 saturated carbocycles. The van der Waals surface area contributed by atoms with Crippen LogP contribution < -0.4 is 0 Å². The zero-order chi connectivity index (χ0) is 4.57. The fourth-order valence-corrected chi connectivity index (χ4v) is 0.846. The molecule has 0 aromatic carbocycles. The summed E-state index contributed by atoms with van der Waals surface area (Å²) in [4.78, 5) is 0. The van der Waals surface area contributed by atoms with Crippen molar-refractivity contribution in [2.75, 3.05) is 0 Å². The Morgan fingerprint density at radius 3 is 2.17 bits per heavy atom. The fourth-order valence-electron chi connectivity index (χ4n) is 0.282. The van der Waals surface area contributed by atoms with Crippen LogP contribution in [0, 0.1) is 4.78 Å². The molecule has 0 aliphatic heterocycles. The quantitative estimate of drug-likeness (QED) is 0.493. The molecule has 1 aliphatic rings. The molecule has 0 aromatic heterocycles. The number of hydrogen-bond donors (Lipinski definition) is 1. The Balaban J connectivity index is 2.52. The van der Waals surface area contributed by atoms with Crippen LogP contribution in [0.25, 0.3) is 0 Å². The number of nitrogens with one attached hydrogen (secondary N) is 1. The Morgan fingerprint density at radius 1 is 1.67 bits per heavy atom. The summed E-state index contributed by atoms with van der Waals surface area (Å²) in [6.45, 7) is 0. The fraction of sp³-hybridized carbons (Fsp3) is 1.00. The van der Waals surface area contributed by atoms with E-state index in [9.17, 15) is 4.21 Å². The van der Waals surface area contributed by atoms with Gasteiger partial charge in [0.25, 0.3) is 0 Å².